The van der Waals surface area contributed by atoms with Crippen LogP contribution in [0.25, 0.3) is 0 Å². The molecule has 0 aromatic carbocycles. The van der Waals surface area contributed by atoms with Crippen LogP contribution in [0.15, 0.2) is 4.99 Å². The number of hydrogen-bond donors (Lipinski definition) is 1. The maximum atomic E-state index is 6.08. The summed E-state index contributed by atoms with van der Waals surface area (Å²) in [5, 5.41) is 0. The first-order valence-corrected chi connectivity index (χ1v) is 6.81. The first-order valence-electron chi connectivity index (χ1n) is 6.81. The summed E-state index contributed by atoms with van der Waals surface area (Å²) < 4.78 is 5.85. The van der Waals surface area contributed by atoms with Gasteiger partial charge in [-0.2, -0.15) is 0 Å². The van der Waals surface area contributed by atoms with Crippen molar-refractivity contribution >= 4 is 5.96 Å². The summed E-state index contributed by atoms with van der Waals surface area (Å²) >= 11 is 0. The van der Waals surface area contributed by atoms with E-state index in [-0.39, 0.29) is 17.7 Å². The quantitative estimate of drug-likeness (QED) is 0.797. The molecule has 0 aliphatic carbocycles. The Kier molecular flexibility index (Phi) is 3.82. The third kappa shape index (κ3) is 2.62. The highest BCUT2D eigenvalue weighted by atomic mass is 16.5. The molecule has 5 heteroatoms. The summed E-state index contributed by atoms with van der Waals surface area (Å²) in [6, 6.07) is 0. The molecule has 0 amide bonds. The second kappa shape index (κ2) is 5.05. The largest absolute Gasteiger partial charge is 0.375 e. The van der Waals surface area contributed by atoms with Gasteiger partial charge in [-0.1, -0.05) is 0 Å². The van der Waals surface area contributed by atoms with Crippen molar-refractivity contribution in [2.45, 2.75) is 44.4 Å². The molecule has 2 aliphatic rings. The Morgan fingerprint density at radius 2 is 2.00 bits per heavy atom. The monoisotopic (exact) mass is 254 g/mol. The molecule has 2 heterocycles. The van der Waals surface area contributed by atoms with Crippen LogP contribution in [0.5, 0.6) is 0 Å². The molecular formula is C13H26N4O. The van der Waals surface area contributed by atoms with Gasteiger partial charge >= 0.3 is 0 Å². The van der Waals surface area contributed by atoms with E-state index < -0.39 is 0 Å². The van der Waals surface area contributed by atoms with Gasteiger partial charge in [-0.25, -0.2) is 0 Å². The van der Waals surface area contributed by atoms with Gasteiger partial charge in [-0.05, 0) is 40.8 Å². The van der Waals surface area contributed by atoms with Gasteiger partial charge < -0.3 is 20.3 Å². The third-order valence-electron chi connectivity index (χ3n) is 3.95. The summed E-state index contributed by atoms with van der Waals surface area (Å²) in [7, 11) is 4.18. The second-order valence-electron chi connectivity index (χ2n) is 6.02. The SMILES string of the molecule is CC1CC2(CN=C(N)N2CCN(C)C)CC(C)O1. The molecule has 1 fully saturated rings. The fourth-order valence-corrected chi connectivity index (χ4v) is 3.29. The number of aliphatic imine (C=N–C) groups is 1. The van der Waals surface area contributed by atoms with E-state index in [1.807, 2.05) is 0 Å². The average Bonchev–Trinajstić information content (AvgIpc) is 2.51. The lowest BCUT2D eigenvalue weighted by Crippen LogP contribution is -2.58. The molecule has 104 valence electrons. The number of rotatable bonds is 3. The van der Waals surface area contributed by atoms with Crippen LogP contribution in [0.4, 0.5) is 0 Å². The summed E-state index contributed by atoms with van der Waals surface area (Å²) in [5.74, 6) is 0.707. The predicted molar refractivity (Wildman–Crippen MR) is 73.7 cm³/mol. The fraction of sp³-hybridized carbons (Fsp3) is 0.923. The lowest BCUT2D eigenvalue weighted by atomic mass is 9.83. The molecular weight excluding hydrogens is 228 g/mol. The average molecular weight is 254 g/mol. The number of nitrogens with two attached hydrogens (primary N) is 1. The number of likely N-dealkylation sites (N-methyl/N-ethyl adjacent to an activating group) is 1. The molecule has 2 unspecified atom stereocenters. The molecule has 0 aromatic heterocycles. The van der Waals surface area contributed by atoms with Crippen LogP contribution in [0.2, 0.25) is 0 Å². The van der Waals surface area contributed by atoms with E-state index in [1.165, 1.54) is 0 Å². The van der Waals surface area contributed by atoms with Gasteiger partial charge in [0.25, 0.3) is 0 Å². The van der Waals surface area contributed by atoms with E-state index in [0.717, 1.165) is 32.5 Å². The third-order valence-corrected chi connectivity index (χ3v) is 3.95. The zero-order valence-corrected chi connectivity index (χ0v) is 12.0. The van der Waals surface area contributed by atoms with Gasteiger partial charge in [-0.3, -0.25) is 4.99 Å². The number of guanidine groups is 1. The van der Waals surface area contributed by atoms with Crippen molar-refractivity contribution in [1.29, 1.82) is 0 Å². The van der Waals surface area contributed by atoms with Gasteiger partial charge in [0, 0.05) is 13.1 Å². The van der Waals surface area contributed by atoms with E-state index in [0.29, 0.717) is 5.96 Å². The molecule has 2 atom stereocenters. The van der Waals surface area contributed by atoms with Gasteiger partial charge in [-0.15, -0.1) is 0 Å². The highest BCUT2D eigenvalue weighted by molar-refractivity contribution is 5.81. The van der Waals surface area contributed by atoms with Crippen LogP contribution in [-0.2, 0) is 4.74 Å². The number of hydrogen-bond acceptors (Lipinski definition) is 5. The van der Waals surface area contributed by atoms with Crippen LogP contribution in [-0.4, -0.2) is 67.2 Å². The standard InChI is InChI=1S/C13H26N4O/c1-10-7-13(8-11(2)18-10)9-15-12(14)17(13)6-5-16(3)4/h10-11H,5-9H2,1-4H3,(H2,14,15). The van der Waals surface area contributed by atoms with E-state index in [4.69, 9.17) is 10.5 Å². The van der Waals surface area contributed by atoms with Crippen LogP contribution in [0.3, 0.4) is 0 Å². The molecule has 2 N–H and O–H groups in total. The zero-order chi connectivity index (χ0) is 13.3. The van der Waals surface area contributed by atoms with Crippen LogP contribution >= 0.6 is 0 Å². The second-order valence-corrected chi connectivity index (χ2v) is 6.02. The number of nitrogens with zero attached hydrogens (tertiary/aromatic N) is 3. The van der Waals surface area contributed by atoms with Crippen LogP contribution in [0, 0.1) is 0 Å². The Bertz CT molecular complexity index is 319. The highest BCUT2D eigenvalue weighted by Gasteiger charge is 2.46. The number of ether oxygens (including phenoxy) is 1. The lowest BCUT2D eigenvalue weighted by molar-refractivity contribution is -0.0845. The molecule has 0 radical (unpaired) electrons. The smallest absolute Gasteiger partial charge is 0.191 e. The molecule has 18 heavy (non-hydrogen) atoms. The summed E-state index contributed by atoms with van der Waals surface area (Å²) in [4.78, 5) is 8.98. The summed E-state index contributed by atoms with van der Waals surface area (Å²) in [6.07, 6.45) is 2.62. The minimum Gasteiger partial charge on any atom is -0.375 e. The van der Waals surface area contributed by atoms with Crippen molar-refractivity contribution in [2.75, 3.05) is 33.7 Å². The van der Waals surface area contributed by atoms with Crippen LogP contribution in [0.1, 0.15) is 26.7 Å². The Balaban J connectivity index is 2.10. The van der Waals surface area contributed by atoms with Gasteiger partial charge in [0.2, 0.25) is 0 Å². The van der Waals surface area contributed by atoms with E-state index >= 15 is 0 Å². The van der Waals surface area contributed by atoms with Crippen molar-refractivity contribution < 1.29 is 4.74 Å². The Morgan fingerprint density at radius 1 is 1.39 bits per heavy atom. The fourth-order valence-electron chi connectivity index (χ4n) is 3.29. The Labute approximate surface area is 110 Å². The highest BCUT2D eigenvalue weighted by Crippen LogP contribution is 2.37. The van der Waals surface area contributed by atoms with Gasteiger partial charge in [0.15, 0.2) is 5.96 Å². The molecule has 0 aromatic rings. The Morgan fingerprint density at radius 3 is 2.56 bits per heavy atom. The molecule has 2 rings (SSSR count). The predicted octanol–water partition coefficient (Wildman–Crippen LogP) is 0.505. The van der Waals surface area contributed by atoms with E-state index in [9.17, 15) is 0 Å². The first-order chi connectivity index (χ1) is 8.43. The topological polar surface area (TPSA) is 54.1 Å². The molecule has 1 saturated heterocycles. The van der Waals surface area contributed by atoms with Gasteiger partial charge in [0.1, 0.15) is 0 Å². The molecule has 1 spiro atoms. The molecule has 5 nitrogen and oxygen atoms in total. The zero-order valence-electron chi connectivity index (χ0n) is 12.0. The van der Waals surface area contributed by atoms with Crippen molar-refractivity contribution in [2.24, 2.45) is 10.7 Å². The molecule has 2 aliphatic heterocycles. The van der Waals surface area contributed by atoms with E-state index in [2.05, 4.69) is 42.7 Å². The van der Waals surface area contributed by atoms with Crippen LogP contribution < -0.4 is 5.73 Å². The van der Waals surface area contributed by atoms with Crippen molar-refractivity contribution in [3.05, 3.63) is 0 Å². The first kappa shape index (κ1) is 13.6. The Hall–Kier alpha value is -0.810. The van der Waals surface area contributed by atoms with Crippen molar-refractivity contribution in [1.82, 2.24) is 9.80 Å². The van der Waals surface area contributed by atoms with Crippen molar-refractivity contribution in [3.8, 4) is 0 Å². The summed E-state index contributed by atoms with van der Waals surface area (Å²) in [5.41, 5.74) is 6.17. The molecule has 0 bridgehead atoms. The minimum atomic E-state index is 0.0944. The maximum Gasteiger partial charge on any atom is 0.191 e. The maximum absolute atomic E-state index is 6.08. The van der Waals surface area contributed by atoms with Gasteiger partial charge in [0.05, 0.1) is 24.3 Å². The lowest BCUT2D eigenvalue weighted by Gasteiger charge is -2.46. The van der Waals surface area contributed by atoms with E-state index in [1.54, 1.807) is 0 Å². The van der Waals surface area contributed by atoms with Crippen molar-refractivity contribution in [3.63, 3.8) is 0 Å². The normalized spacial score (nSPS) is 36.5. The minimum absolute atomic E-state index is 0.0944. The summed E-state index contributed by atoms with van der Waals surface area (Å²) in [6.45, 7) is 7.07. The molecule has 0 saturated carbocycles.